The first-order chi connectivity index (χ1) is 12.3. The minimum absolute atomic E-state index is 0.278. The van der Waals surface area contributed by atoms with Crippen LogP contribution in [0.1, 0.15) is 18.7 Å². The quantitative estimate of drug-likeness (QED) is 0.860. The molecule has 1 unspecified atom stereocenters. The van der Waals surface area contributed by atoms with Gasteiger partial charge < -0.3 is 10.1 Å². The molecule has 134 valence electrons. The van der Waals surface area contributed by atoms with Crippen LogP contribution in [0.3, 0.4) is 0 Å². The van der Waals surface area contributed by atoms with Crippen LogP contribution < -0.4 is 5.32 Å². The molecule has 2 saturated heterocycles. The lowest BCUT2D eigenvalue weighted by Gasteiger charge is -2.25. The molecule has 2 aromatic rings. The number of rotatable bonds is 5. The Morgan fingerprint density at radius 2 is 2.16 bits per heavy atom. The van der Waals surface area contributed by atoms with E-state index in [1.807, 2.05) is 30.0 Å². The molecule has 2 aliphatic rings. The van der Waals surface area contributed by atoms with Crippen molar-refractivity contribution in [1.29, 1.82) is 0 Å². The topological polar surface area (TPSA) is 50.3 Å². The van der Waals surface area contributed by atoms with Crippen molar-refractivity contribution in [3.05, 3.63) is 29.0 Å². The summed E-state index contributed by atoms with van der Waals surface area (Å²) in [6, 6.07) is 5.81. The van der Waals surface area contributed by atoms with E-state index in [0.717, 1.165) is 68.2 Å². The third-order valence-electron chi connectivity index (χ3n) is 4.70. The summed E-state index contributed by atoms with van der Waals surface area (Å²) in [6.07, 6.45) is 2.53. The SMILES string of the molecule is Clc1ccc2c(NCC3CCCO3)nc(CN3CCSCC3)nc2c1. The van der Waals surface area contributed by atoms with Gasteiger partial charge in [0.15, 0.2) is 0 Å². The number of hydrogen-bond acceptors (Lipinski definition) is 6. The Kier molecular flexibility index (Phi) is 5.60. The molecule has 0 spiro atoms. The van der Waals surface area contributed by atoms with Crippen LogP contribution in [-0.4, -0.2) is 58.7 Å². The molecule has 0 radical (unpaired) electrons. The van der Waals surface area contributed by atoms with Crippen molar-refractivity contribution in [2.75, 3.05) is 43.1 Å². The van der Waals surface area contributed by atoms with Crippen molar-refractivity contribution >= 4 is 40.1 Å². The van der Waals surface area contributed by atoms with Crippen LogP contribution in [0, 0.1) is 0 Å². The molecule has 0 amide bonds. The summed E-state index contributed by atoms with van der Waals surface area (Å²) < 4.78 is 5.72. The minimum atomic E-state index is 0.278. The maximum Gasteiger partial charge on any atom is 0.145 e. The van der Waals surface area contributed by atoms with E-state index >= 15 is 0 Å². The van der Waals surface area contributed by atoms with Crippen molar-refractivity contribution in [3.63, 3.8) is 0 Å². The lowest BCUT2D eigenvalue weighted by atomic mass is 10.2. The van der Waals surface area contributed by atoms with Crippen LogP contribution in [0.4, 0.5) is 5.82 Å². The Balaban J connectivity index is 1.58. The summed E-state index contributed by atoms with van der Waals surface area (Å²) in [5.41, 5.74) is 0.902. The van der Waals surface area contributed by atoms with Crippen LogP contribution in [0.15, 0.2) is 18.2 Å². The van der Waals surface area contributed by atoms with E-state index in [0.29, 0.717) is 5.02 Å². The number of ether oxygens (including phenoxy) is 1. The van der Waals surface area contributed by atoms with Gasteiger partial charge in [-0.25, -0.2) is 9.97 Å². The Bertz CT molecular complexity index is 732. The first-order valence-electron chi connectivity index (χ1n) is 8.90. The van der Waals surface area contributed by atoms with Gasteiger partial charge in [-0.1, -0.05) is 11.6 Å². The highest BCUT2D eigenvalue weighted by Gasteiger charge is 2.18. The van der Waals surface area contributed by atoms with Gasteiger partial charge in [-0.05, 0) is 31.0 Å². The van der Waals surface area contributed by atoms with Crippen molar-refractivity contribution in [2.45, 2.75) is 25.5 Å². The molecule has 2 aliphatic heterocycles. The smallest absolute Gasteiger partial charge is 0.145 e. The molecular weight excluding hydrogens is 356 g/mol. The number of anilines is 1. The first kappa shape index (κ1) is 17.3. The molecule has 0 saturated carbocycles. The van der Waals surface area contributed by atoms with Gasteiger partial charge in [0, 0.05) is 48.2 Å². The fraction of sp³-hybridized carbons (Fsp3) is 0.556. The van der Waals surface area contributed by atoms with Crippen molar-refractivity contribution in [3.8, 4) is 0 Å². The fourth-order valence-corrected chi connectivity index (χ4v) is 4.48. The summed E-state index contributed by atoms with van der Waals surface area (Å²) in [6.45, 7) is 4.64. The van der Waals surface area contributed by atoms with Gasteiger partial charge in [-0.3, -0.25) is 4.90 Å². The molecular formula is C18H23ClN4OS. The molecule has 1 atom stereocenters. The number of nitrogens with zero attached hydrogens (tertiary/aromatic N) is 3. The third-order valence-corrected chi connectivity index (χ3v) is 5.87. The third kappa shape index (κ3) is 4.37. The second kappa shape index (κ2) is 8.08. The summed E-state index contributed by atoms with van der Waals surface area (Å²) in [5.74, 6) is 4.11. The van der Waals surface area contributed by atoms with Gasteiger partial charge in [0.2, 0.25) is 0 Å². The van der Waals surface area contributed by atoms with Crippen molar-refractivity contribution < 1.29 is 4.74 Å². The number of halogens is 1. The minimum Gasteiger partial charge on any atom is -0.376 e. The molecule has 5 nitrogen and oxygen atoms in total. The van der Waals surface area contributed by atoms with Crippen LogP contribution in [0.25, 0.3) is 10.9 Å². The standard InChI is InChI=1S/C18H23ClN4OS/c19-13-3-4-15-16(10-13)21-17(12-23-5-8-25-9-6-23)22-18(15)20-11-14-2-1-7-24-14/h3-4,10,14H,1-2,5-9,11-12H2,(H,20,21,22). The molecule has 3 heterocycles. The van der Waals surface area contributed by atoms with Gasteiger partial charge in [-0.15, -0.1) is 0 Å². The van der Waals surface area contributed by atoms with Crippen LogP contribution in [0.2, 0.25) is 5.02 Å². The average molecular weight is 379 g/mol. The van der Waals surface area contributed by atoms with Crippen LogP contribution in [-0.2, 0) is 11.3 Å². The summed E-state index contributed by atoms with van der Waals surface area (Å²) in [5, 5.41) is 5.20. The predicted octanol–water partition coefficient (Wildman–Crippen LogP) is 3.42. The van der Waals surface area contributed by atoms with Gasteiger partial charge >= 0.3 is 0 Å². The normalized spacial score (nSPS) is 21.7. The zero-order valence-corrected chi connectivity index (χ0v) is 15.8. The number of fused-ring (bicyclic) bond motifs is 1. The zero-order valence-electron chi connectivity index (χ0n) is 14.2. The van der Waals surface area contributed by atoms with Crippen LogP contribution in [0.5, 0.6) is 0 Å². The largest absolute Gasteiger partial charge is 0.376 e. The van der Waals surface area contributed by atoms with Crippen LogP contribution >= 0.6 is 23.4 Å². The van der Waals surface area contributed by atoms with Gasteiger partial charge in [0.05, 0.1) is 18.2 Å². The van der Waals surface area contributed by atoms with E-state index in [9.17, 15) is 0 Å². The lowest BCUT2D eigenvalue weighted by molar-refractivity contribution is 0.120. The number of thioether (sulfide) groups is 1. The molecule has 2 fully saturated rings. The molecule has 0 aliphatic carbocycles. The first-order valence-corrected chi connectivity index (χ1v) is 10.4. The summed E-state index contributed by atoms with van der Waals surface area (Å²) in [7, 11) is 0. The Morgan fingerprint density at radius 1 is 1.28 bits per heavy atom. The van der Waals surface area contributed by atoms with E-state index in [1.54, 1.807) is 0 Å². The van der Waals surface area contributed by atoms with Gasteiger partial charge in [0.25, 0.3) is 0 Å². The highest BCUT2D eigenvalue weighted by Crippen LogP contribution is 2.25. The molecule has 0 bridgehead atoms. The highest BCUT2D eigenvalue weighted by molar-refractivity contribution is 7.99. The maximum atomic E-state index is 6.18. The van der Waals surface area contributed by atoms with E-state index in [4.69, 9.17) is 26.3 Å². The van der Waals surface area contributed by atoms with E-state index < -0.39 is 0 Å². The van der Waals surface area contributed by atoms with E-state index in [1.165, 1.54) is 11.5 Å². The summed E-state index contributed by atoms with van der Waals surface area (Å²) in [4.78, 5) is 12.0. The Labute approximate surface area is 157 Å². The predicted molar refractivity (Wildman–Crippen MR) is 105 cm³/mol. The number of nitrogens with one attached hydrogen (secondary N) is 1. The monoisotopic (exact) mass is 378 g/mol. The van der Waals surface area contributed by atoms with Gasteiger partial charge in [-0.2, -0.15) is 11.8 Å². The Morgan fingerprint density at radius 3 is 2.96 bits per heavy atom. The molecule has 4 rings (SSSR count). The molecule has 25 heavy (non-hydrogen) atoms. The number of hydrogen-bond donors (Lipinski definition) is 1. The molecule has 7 heteroatoms. The van der Waals surface area contributed by atoms with Crippen molar-refractivity contribution in [1.82, 2.24) is 14.9 Å². The maximum absolute atomic E-state index is 6.18. The second-order valence-electron chi connectivity index (χ2n) is 6.55. The molecule has 1 aromatic carbocycles. The fourth-order valence-electron chi connectivity index (χ4n) is 3.33. The molecule has 1 N–H and O–H groups in total. The van der Waals surface area contributed by atoms with E-state index in [-0.39, 0.29) is 6.10 Å². The van der Waals surface area contributed by atoms with Gasteiger partial charge in [0.1, 0.15) is 11.6 Å². The zero-order chi connectivity index (χ0) is 17.1. The Hall–Kier alpha value is -1.08. The average Bonchev–Trinajstić information content (AvgIpc) is 3.14. The number of benzene rings is 1. The number of aromatic nitrogens is 2. The lowest BCUT2D eigenvalue weighted by Crippen LogP contribution is -2.32. The summed E-state index contributed by atoms with van der Waals surface area (Å²) >= 11 is 8.19. The van der Waals surface area contributed by atoms with Crippen molar-refractivity contribution in [2.24, 2.45) is 0 Å². The molecule has 1 aromatic heterocycles. The second-order valence-corrected chi connectivity index (χ2v) is 8.22. The highest BCUT2D eigenvalue weighted by atomic mass is 35.5. The van der Waals surface area contributed by atoms with E-state index in [2.05, 4.69) is 10.2 Å².